The highest BCUT2D eigenvalue weighted by Gasteiger charge is 2.24. The van der Waals surface area contributed by atoms with Crippen molar-refractivity contribution in [2.24, 2.45) is 5.73 Å². The molecule has 2 heterocycles. The molecule has 0 saturated heterocycles. The van der Waals surface area contributed by atoms with Crippen LogP contribution in [0.2, 0.25) is 0 Å². The quantitative estimate of drug-likeness (QED) is 0.878. The van der Waals surface area contributed by atoms with Gasteiger partial charge in [0.05, 0.1) is 6.54 Å². The number of benzene rings is 1. The minimum Gasteiger partial charge on any atom is -0.330 e. The summed E-state index contributed by atoms with van der Waals surface area (Å²) in [6.45, 7) is 2.47. The van der Waals surface area contributed by atoms with Crippen molar-refractivity contribution >= 4 is 5.91 Å². The van der Waals surface area contributed by atoms with Crippen LogP contribution in [-0.2, 0) is 19.5 Å². The molecule has 0 aliphatic carbocycles. The molecule has 1 aliphatic rings. The van der Waals surface area contributed by atoms with E-state index in [1.807, 2.05) is 33.7 Å². The topological polar surface area (TPSA) is 77.0 Å². The summed E-state index contributed by atoms with van der Waals surface area (Å²) in [5.41, 5.74) is 7.36. The van der Waals surface area contributed by atoms with Crippen molar-refractivity contribution in [3.05, 3.63) is 47.5 Å². The Morgan fingerprint density at radius 1 is 1.30 bits per heavy atom. The Morgan fingerprint density at radius 3 is 3.00 bits per heavy atom. The Kier molecular flexibility index (Phi) is 3.47. The first-order chi connectivity index (χ1) is 9.79. The second-order valence-electron chi connectivity index (χ2n) is 4.86. The number of carbonyl (C=O) groups is 1. The van der Waals surface area contributed by atoms with Crippen LogP contribution >= 0.6 is 0 Å². The molecule has 3 rings (SSSR count). The monoisotopic (exact) mass is 271 g/mol. The predicted octanol–water partition coefficient (Wildman–Crippen LogP) is 0.435. The fourth-order valence-corrected chi connectivity index (χ4v) is 2.51. The smallest absolute Gasteiger partial charge is 0.254 e. The molecule has 20 heavy (non-hydrogen) atoms. The molecule has 1 amide bonds. The fourth-order valence-electron chi connectivity index (χ4n) is 2.51. The molecule has 0 spiro atoms. The summed E-state index contributed by atoms with van der Waals surface area (Å²) in [4.78, 5) is 14.5. The molecule has 0 fully saturated rings. The van der Waals surface area contributed by atoms with Gasteiger partial charge in [0.25, 0.3) is 5.91 Å². The lowest BCUT2D eigenvalue weighted by atomic mass is 10.0. The molecule has 1 aromatic heterocycles. The van der Waals surface area contributed by atoms with Crippen LogP contribution in [0.1, 0.15) is 21.7 Å². The number of hydrogen-bond donors (Lipinski definition) is 1. The molecule has 0 atom stereocenters. The Hall–Kier alpha value is -2.21. The van der Waals surface area contributed by atoms with Crippen LogP contribution < -0.4 is 5.73 Å². The van der Waals surface area contributed by atoms with Crippen molar-refractivity contribution in [2.75, 3.05) is 13.1 Å². The molecule has 1 aromatic carbocycles. The van der Waals surface area contributed by atoms with Crippen molar-refractivity contribution in [3.8, 4) is 0 Å². The van der Waals surface area contributed by atoms with Gasteiger partial charge in [0.2, 0.25) is 0 Å². The van der Waals surface area contributed by atoms with E-state index < -0.39 is 0 Å². The van der Waals surface area contributed by atoms with Gasteiger partial charge in [0.15, 0.2) is 5.82 Å². The van der Waals surface area contributed by atoms with Crippen LogP contribution in [0, 0.1) is 0 Å². The Labute approximate surface area is 117 Å². The number of aromatic nitrogens is 3. The first-order valence-electron chi connectivity index (χ1n) is 6.73. The number of carbonyl (C=O) groups excluding carboxylic acids is 1. The molecule has 2 N–H and O–H groups in total. The zero-order valence-electron chi connectivity index (χ0n) is 11.2. The van der Waals surface area contributed by atoms with Crippen molar-refractivity contribution in [1.29, 1.82) is 0 Å². The first kappa shape index (κ1) is 12.8. The summed E-state index contributed by atoms with van der Waals surface area (Å²) in [5.74, 6) is 0.879. The highest BCUT2D eigenvalue weighted by Crippen LogP contribution is 2.16. The number of hydrogen-bond acceptors (Lipinski definition) is 4. The van der Waals surface area contributed by atoms with Gasteiger partial charge in [0.1, 0.15) is 6.33 Å². The third-order valence-electron chi connectivity index (χ3n) is 3.59. The predicted molar refractivity (Wildman–Crippen MR) is 74.0 cm³/mol. The van der Waals surface area contributed by atoms with Gasteiger partial charge in [-0.1, -0.05) is 18.2 Å². The lowest BCUT2D eigenvalue weighted by Crippen LogP contribution is -2.38. The van der Waals surface area contributed by atoms with E-state index in [2.05, 4.69) is 10.2 Å². The number of nitrogens with zero attached hydrogens (tertiary/aromatic N) is 4. The summed E-state index contributed by atoms with van der Waals surface area (Å²) < 4.78 is 1.98. The molecule has 104 valence electrons. The average Bonchev–Trinajstić information content (AvgIpc) is 2.95. The van der Waals surface area contributed by atoms with Crippen LogP contribution in [0.15, 0.2) is 30.6 Å². The zero-order chi connectivity index (χ0) is 13.9. The molecule has 2 aromatic rings. The Balaban J connectivity index is 1.83. The number of fused-ring (bicyclic) bond motifs is 1. The van der Waals surface area contributed by atoms with Gasteiger partial charge in [-0.3, -0.25) is 4.79 Å². The third kappa shape index (κ3) is 2.30. The minimum atomic E-state index is 0.0447. The van der Waals surface area contributed by atoms with Gasteiger partial charge in [-0.15, -0.1) is 10.2 Å². The van der Waals surface area contributed by atoms with Crippen molar-refractivity contribution in [1.82, 2.24) is 19.7 Å². The van der Waals surface area contributed by atoms with Crippen molar-refractivity contribution < 1.29 is 4.79 Å². The van der Waals surface area contributed by atoms with E-state index in [9.17, 15) is 4.79 Å². The van der Waals surface area contributed by atoms with E-state index in [0.717, 1.165) is 23.5 Å². The van der Waals surface area contributed by atoms with E-state index in [1.54, 1.807) is 6.33 Å². The van der Waals surface area contributed by atoms with E-state index in [0.29, 0.717) is 26.1 Å². The van der Waals surface area contributed by atoms with E-state index in [4.69, 9.17) is 5.73 Å². The van der Waals surface area contributed by atoms with Crippen LogP contribution in [-0.4, -0.2) is 38.7 Å². The van der Waals surface area contributed by atoms with Crippen molar-refractivity contribution in [2.45, 2.75) is 19.5 Å². The third-order valence-corrected chi connectivity index (χ3v) is 3.59. The molecule has 0 saturated carbocycles. The second kappa shape index (κ2) is 5.42. The maximum Gasteiger partial charge on any atom is 0.254 e. The van der Waals surface area contributed by atoms with Gasteiger partial charge in [-0.05, 0) is 24.6 Å². The summed E-state index contributed by atoms with van der Waals surface area (Å²) in [7, 11) is 0. The van der Waals surface area contributed by atoms with Gasteiger partial charge in [0, 0.05) is 18.7 Å². The molecular formula is C14H17N5O. The van der Waals surface area contributed by atoms with Crippen LogP contribution in [0.3, 0.4) is 0 Å². The van der Waals surface area contributed by atoms with Crippen LogP contribution in [0.25, 0.3) is 0 Å². The van der Waals surface area contributed by atoms with E-state index in [-0.39, 0.29) is 5.91 Å². The maximum atomic E-state index is 12.7. The summed E-state index contributed by atoms with van der Waals surface area (Å²) in [6.07, 6.45) is 2.42. The highest BCUT2D eigenvalue weighted by molar-refractivity contribution is 5.95. The highest BCUT2D eigenvalue weighted by atomic mass is 16.2. The number of amides is 1. The van der Waals surface area contributed by atoms with E-state index >= 15 is 0 Å². The fraction of sp³-hybridized carbons (Fsp3) is 0.357. The number of rotatable bonds is 3. The lowest BCUT2D eigenvalue weighted by molar-refractivity contribution is 0.0706. The molecule has 1 aliphatic heterocycles. The number of nitrogens with two attached hydrogens (primary N) is 1. The van der Waals surface area contributed by atoms with Gasteiger partial charge in [-0.2, -0.15) is 0 Å². The molecule has 6 nitrogen and oxygen atoms in total. The van der Waals surface area contributed by atoms with Crippen LogP contribution in [0.4, 0.5) is 0 Å². The summed E-state index contributed by atoms with van der Waals surface area (Å²) >= 11 is 0. The van der Waals surface area contributed by atoms with Gasteiger partial charge < -0.3 is 15.2 Å². The van der Waals surface area contributed by atoms with E-state index in [1.165, 1.54) is 0 Å². The normalized spacial score (nSPS) is 14.2. The molecule has 6 heteroatoms. The van der Waals surface area contributed by atoms with Crippen LogP contribution in [0.5, 0.6) is 0 Å². The maximum absolute atomic E-state index is 12.7. The Bertz CT molecular complexity index is 622. The molecule has 0 unspecified atom stereocenters. The standard InChI is InChI=1S/C14H17N5O/c15-6-5-11-3-1-2-4-12(11)14(20)18-7-8-19-10-16-17-13(19)9-18/h1-4,10H,5-9,15H2. The summed E-state index contributed by atoms with van der Waals surface area (Å²) in [5, 5.41) is 7.92. The SMILES string of the molecule is NCCc1ccccc1C(=O)N1CCn2cnnc2C1. The molecule has 0 bridgehead atoms. The zero-order valence-corrected chi connectivity index (χ0v) is 11.2. The lowest BCUT2D eigenvalue weighted by Gasteiger charge is -2.27. The minimum absolute atomic E-state index is 0.0447. The largest absolute Gasteiger partial charge is 0.330 e. The summed E-state index contributed by atoms with van der Waals surface area (Å²) in [6, 6.07) is 7.66. The average molecular weight is 271 g/mol. The van der Waals surface area contributed by atoms with Gasteiger partial charge >= 0.3 is 0 Å². The second-order valence-corrected chi connectivity index (χ2v) is 4.86. The van der Waals surface area contributed by atoms with Crippen molar-refractivity contribution in [3.63, 3.8) is 0 Å². The van der Waals surface area contributed by atoms with Gasteiger partial charge in [-0.25, -0.2) is 0 Å². The molecular weight excluding hydrogens is 254 g/mol. The molecule has 0 radical (unpaired) electrons. The Morgan fingerprint density at radius 2 is 2.15 bits per heavy atom. The first-order valence-corrected chi connectivity index (χ1v) is 6.73.